The van der Waals surface area contributed by atoms with Crippen molar-refractivity contribution in [3.8, 4) is 11.1 Å². The minimum Gasteiger partial charge on any atom is -0.507 e. The van der Waals surface area contributed by atoms with Crippen molar-refractivity contribution in [1.29, 1.82) is 0 Å². The third-order valence-corrected chi connectivity index (χ3v) is 9.99. The lowest BCUT2D eigenvalue weighted by Crippen LogP contribution is -2.51. The van der Waals surface area contributed by atoms with E-state index < -0.39 is 21.4 Å². The van der Waals surface area contributed by atoms with Crippen LogP contribution in [0.3, 0.4) is 0 Å². The molecule has 1 saturated heterocycles. The van der Waals surface area contributed by atoms with Gasteiger partial charge in [-0.05, 0) is 86.2 Å². The fourth-order valence-electron chi connectivity index (χ4n) is 5.42. The topological polar surface area (TPSA) is 101 Å². The van der Waals surface area contributed by atoms with E-state index in [1.807, 2.05) is 19.1 Å². The van der Waals surface area contributed by atoms with Crippen LogP contribution in [0.1, 0.15) is 40.1 Å². The molecule has 7 nitrogen and oxygen atoms in total. The van der Waals surface area contributed by atoms with Crippen LogP contribution in [0.15, 0.2) is 59.2 Å². The average molecular weight is 600 g/mol. The number of piperidine rings is 1. The van der Waals surface area contributed by atoms with Gasteiger partial charge >= 0.3 is 5.97 Å². The van der Waals surface area contributed by atoms with Gasteiger partial charge in [-0.15, -0.1) is 11.3 Å². The zero-order chi connectivity index (χ0) is 28.8. The number of halogens is 1. The summed E-state index contributed by atoms with van der Waals surface area (Å²) < 4.78 is 29.9. The van der Waals surface area contributed by atoms with Crippen molar-refractivity contribution in [1.82, 2.24) is 4.90 Å². The van der Waals surface area contributed by atoms with Gasteiger partial charge in [-0.1, -0.05) is 23.7 Å². The van der Waals surface area contributed by atoms with E-state index in [1.54, 1.807) is 53.5 Å². The standard InChI is InChI=1S/C30H30ClNO6S2/c1-18-14-24(20-6-4-7-22(15-20)40(3,36)37)25(31)16-23(18)27-28(34)30(38-29(27)35)12-5-13-32(17-30)26(33)11-10-21-9-8-19(2)39-21/h4,6-9,14-16,34H,5,10-13,17H2,1-3H3. The van der Waals surface area contributed by atoms with Crippen molar-refractivity contribution >= 4 is 50.2 Å². The Hall–Kier alpha value is -3.14. The van der Waals surface area contributed by atoms with E-state index in [9.17, 15) is 23.1 Å². The SMILES string of the molecule is Cc1ccc(CCC(=O)N2CCCC3(C2)OC(=O)C(c2cc(Cl)c(-c4cccc(S(C)(=O)=O)c4)cc2C)=C3O)s1. The highest BCUT2D eigenvalue weighted by atomic mass is 35.5. The van der Waals surface area contributed by atoms with Gasteiger partial charge in [0.05, 0.1) is 11.4 Å². The molecule has 1 N–H and O–H groups in total. The molecule has 1 spiro atoms. The monoisotopic (exact) mass is 599 g/mol. The molecule has 3 aromatic rings. The smallest absolute Gasteiger partial charge is 0.343 e. The molecule has 0 saturated carbocycles. The van der Waals surface area contributed by atoms with Gasteiger partial charge in [-0.2, -0.15) is 0 Å². The maximum Gasteiger partial charge on any atom is 0.343 e. The highest BCUT2D eigenvalue weighted by Crippen LogP contribution is 2.44. The molecule has 0 radical (unpaired) electrons. The van der Waals surface area contributed by atoms with E-state index in [4.69, 9.17) is 16.3 Å². The predicted molar refractivity (Wildman–Crippen MR) is 156 cm³/mol. The van der Waals surface area contributed by atoms with Crippen LogP contribution in [-0.4, -0.2) is 55.2 Å². The minimum absolute atomic E-state index is 0.0395. The third kappa shape index (κ3) is 5.42. The van der Waals surface area contributed by atoms with Crippen molar-refractivity contribution in [3.63, 3.8) is 0 Å². The van der Waals surface area contributed by atoms with Crippen LogP contribution in [0.4, 0.5) is 0 Å². The second-order valence-electron chi connectivity index (χ2n) is 10.5. The van der Waals surface area contributed by atoms with Gasteiger partial charge in [0.15, 0.2) is 21.2 Å². The van der Waals surface area contributed by atoms with E-state index in [0.29, 0.717) is 59.5 Å². The summed E-state index contributed by atoms with van der Waals surface area (Å²) in [4.78, 5) is 30.4. The molecule has 1 unspecified atom stereocenters. The van der Waals surface area contributed by atoms with Gasteiger partial charge in [-0.25, -0.2) is 13.2 Å². The summed E-state index contributed by atoms with van der Waals surface area (Å²) in [6, 6.07) is 13.9. The van der Waals surface area contributed by atoms with E-state index in [0.717, 1.165) is 11.1 Å². The number of likely N-dealkylation sites (tertiary alicyclic amines) is 1. The van der Waals surface area contributed by atoms with E-state index in [-0.39, 0.29) is 28.7 Å². The average Bonchev–Trinajstić information content (AvgIpc) is 3.42. The molecule has 5 rings (SSSR count). The number of esters is 1. The van der Waals surface area contributed by atoms with E-state index >= 15 is 0 Å². The second-order valence-corrected chi connectivity index (χ2v) is 14.3. The van der Waals surface area contributed by atoms with Crippen LogP contribution < -0.4 is 0 Å². The fraction of sp³-hybridized carbons (Fsp3) is 0.333. The van der Waals surface area contributed by atoms with Gasteiger partial charge in [-0.3, -0.25) is 4.79 Å². The largest absolute Gasteiger partial charge is 0.507 e. The van der Waals surface area contributed by atoms with Crippen molar-refractivity contribution < 1.29 is 27.9 Å². The van der Waals surface area contributed by atoms with Crippen molar-refractivity contribution in [2.45, 2.75) is 50.0 Å². The number of amides is 1. The first-order chi connectivity index (χ1) is 18.9. The van der Waals surface area contributed by atoms with Gasteiger partial charge in [0.25, 0.3) is 0 Å². The van der Waals surface area contributed by atoms with Crippen LogP contribution in [0, 0.1) is 13.8 Å². The lowest BCUT2D eigenvalue weighted by atomic mass is 9.87. The molecule has 10 heteroatoms. The summed E-state index contributed by atoms with van der Waals surface area (Å²) in [6.07, 6.45) is 3.13. The van der Waals surface area contributed by atoms with Crippen LogP contribution in [0.25, 0.3) is 16.7 Å². The molecule has 210 valence electrons. The number of aliphatic hydroxyl groups excluding tert-OH is 1. The summed E-state index contributed by atoms with van der Waals surface area (Å²) in [5.74, 6) is -0.885. The van der Waals surface area contributed by atoms with Gasteiger partial charge < -0.3 is 14.7 Å². The predicted octanol–water partition coefficient (Wildman–Crippen LogP) is 5.91. The molecule has 1 amide bonds. The van der Waals surface area contributed by atoms with Gasteiger partial charge in [0.2, 0.25) is 5.91 Å². The quantitative estimate of drug-likeness (QED) is 0.354. The maximum absolute atomic E-state index is 13.2. The number of thiophene rings is 1. The fourth-order valence-corrected chi connectivity index (χ4v) is 7.25. The summed E-state index contributed by atoms with van der Waals surface area (Å²) >= 11 is 8.32. The Morgan fingerprint density at radius 3 is 2.62 bits per heavy atom. The summed E-state index contributed by atoms with van der Waals surface area (Å²) in [7, 11) is -3.41. The Morgan fingerprint density at radius 1 is 1.15 bits per heavy atom. The molecular weight excluding hydrogens is 570 g/mol. The molecule has 2 aliphatic rings. The molecule has 0 aliphatic carbocycles. The number of hydrogen-bond acceptors (Lipinski definition) is 7. The van der Waals surface area contributed by atoms with Crippen LogP contribution in [0.2, 0.25) is 5.02 Å². The van der Waals surface area contributed by atoms with Crippen LogP contribution in [0.5, 0.6) is 0 Å². The first-order valence-corrected chi connectivity index (χ1v) is 16.1. The third-order valence-electron chi connectivity index (χ3n) is 7.51. The summed E-state index contributed by atoms with van der Waals surface area (Å²) in [5, 5.41) is 11.7. The number of sulfone groups is 1. The number of carbonyl (C=O) groups is 2. The summed E-state index contributed by atoms with van der Waals surface area (Å²) in [6.45, 7) is 4.46. The van der Waals surface area contributed by atoms with E-state index in [1.165, 1.54) is 10.9 Å². The number of carbonyl (C=O) groups excluding carboxylic acids is 2. The van der Waals surface area contributed by atoms with Crippen molar-refractivity contribution in [2.24, 2.45) is 0 Å². The Morgan fingerprint density at radius 2 is 1.93 bits per heavy atom. The summed E-state index contributed by atoms with van der Waals surface area (Å²) in [5.41, 5.74) is 1.06. The first kappa shape index (κ1) is 28.4. The number of aryl methyl sites for hydroxylation is 3. The Bertz CT molecular complexity index is 1660. The zero-order valence-corrected chi connectivity index (χ0v) is 24.9. The molecule has 1 aromatic heterocycles. The Kier molecular flexibility index (Phi) is 7.58. The Balaban J connectivity index is 1.42. The van der Waals surface area contributed by atoms with Crippen LogP contribution in [-0.2, 0) is 30.6 Å². The number of hydrogen-bond donors (Lipinski definition) is 1. The maximum atomic E-state index is 13.2. The minimum atomic E-state index is -3.41. The molecule has 40 heavy (non-hydrogen) atoms. The molecular formula is C30H30ClNO6S2. The normalized spacial score (nSPS) is 19.4. The molecule has 0 bridgehead atoms. The molecule has 3 heterocycles. The van der Waals surface area contributed by atoms with Crippen LogP contribution >= 0.6 is 22.9 Å². The Labute approximate surface area is 243 Å². The number of benzene rings is 2. The highest BCUT2D eigenvalue weighted by molar-refractivity contribution is 7.90. The number of nitrogens with zero attached hydrogens (tertiary/aromatic N) is 1. The van der Waals surface area contributed by atoms with Crippen molar-refractivity contribution in [3.05, 3.63) is 80.2 Å². The number of rotatable bonds is 6. The number of ether oxygens (including phenoxy) is 1. The molecule has 2 aromatic carbocycles. The molecule has 1 atom stereocenters. The first-order valence-electron chi connectivity index (χ1n) is 13.0. The lowest BCUT2D eigenvalue weighted by molar-refractivity contribution is -0.156. The van der Waals surface area contributed by atoms with Crippen molar-refractivity contribution in [2.75, 3.05) is 19.3 Å². The lowest BCUT2D eigenvalue weighted by Gasteiger charge is -2.39. The number of aliphatic hydroxyl groups is 1. The molecule has 2 aliphatic heterocycles. The second kappa shape index (κ2) is 10.7. The molecule has 1 fully saturated rings. The highest BCUT2D eigenvalue weighted by Gasteiger charge is 2.51. The van der Waals surface area contributed by atoms with Gasteiger partial charge in [0, 0.05) is 39.6 Å². The zero-order valence-electron chi connectivity index (χ0n) is 22.5. The van der Waals surface area contributed by atoms with Gasteiger partial charge in [0.1, 0.15) is 5.57 Å². The van der Waals surface area contributed by atoms with E-state index in [2.05, 4.69) is 0 Å².